The van der Waals surface area contributed by atoms with E-state index < -0.39 is 0 Å². The van der Waals surface area contributed by atoms with E-state index in [-0.39, 0.29) is 24.8 Å². The molecule has 0 radical (unpaired) electrons. The van der Waals surface area contributed by atoms with Gasteiger partial charge in [0.05, 0.1) is 0 Å². The van der Waals surface area contributed by atoms with Gasteiger partial charge in [-0.3, -0.25) is 9.69 Å². The second kappa shape index (κ2) is 6.84. The molecule has 1 amide bonds. The molecule has 4 rings (SSSR count). The number of hydrogen-bond acceptors (Lipinski definition) is 3. The SMILES string of the molecule is CN(C(=O)C1CC12CCNCC2)C1CCN(C2CC2)C1.Cl.Cl. The molecule has 22 heavy (non-hydrogen) atoms. The van der Waals surface area contributed by atoms with E-state index in [1.54, 1.807) is 0 Å². The lowest BCUT2D eigenvalue weighted by Crippen LogP contribution is -2.41. The van der Waals surface area contributed by atoms with Crippen molar-refractivity contribution in [1.82, 2.24) is 15.1 Å². The summed E-state index contributed by atoms with van der Waals surface area (Å²) in [4.78, 5) is 17.4. The van der Waals surface area contributed by atoms with Crippen molar-refractivity contribution < 1.29 is 4.79 Å². The predicted octanol–water partition coefficient (Wildman–Crippen LogP) is 1.91. The van der Waals surface area contributed by atoms with Crippen LogP contribution in [0.4, 0.5) is 0 Å². The van der Waals surface area contributed by atoms with Gasteiger partial charge in [-0.25, -0.2) is 0 Å². The van der Waals surface area contributed by atoms with E-state index in [1.165, 1.54) is 38.6 Å². The number of halogens is 2. The van der Waals surface area contributed by atoms with E-state index in [9.17, 15) is 4.79 Å². The highest BCUT2D eigenvalue weighted by Gasteiger charge is 2.58. The molecular weight excluding hydrogens is 321 g/mol. The molecule has 2 heterocycles. The van der Waals surface area contributed by atoms with Crippen LogP contribution in [0.3, 0.4) is 0 Å². The molecule has 4 fully saturated rings. The van der Waals surface area contributed by atoms with E-state index in [1.807, 2.05) is 0 Å². The second-order valence-corrected chi connectivity index (χ2v) is 7.49. The highest BCUT2D eigenvalue weighted by atomic mass is 35.5. The standard InChI is InChI=1S/C16H27N3O.2ClH/c1-18(13-4-9-19(11-13)12-2-3-12)15(20)14-10-16(14)5-7-17-8-6-16;;/h12-14,17H,2-11H2,1H3;2*1H. The van der Waals surface area contributed by atoms with Crippen molar-refractivity contribution in [2.75, 3.05) is 33.2 Å². The fourth-order valence-corrected chi connectivity index (χ4v) is 4.46. The van der Waals surface area contributed by atoms with Crippen LogP contribution < -0.4 is 5.32 Å². The number of hydrogen-bond donors (Lipinski definition) is 1. The molecule has 2 aliphatic heterocycles. The van der Waals surface area contributed by atoms with Crippen LogP contribution >= 0.6 is 24.8 Å². The Morgan fingerprint density at radius 2 is 1.86 bits per heavy atom. The maximum absolute atomic E-state index is 12.7. The number of carbonyl (C=O) groups excluding carboxylic acids is 1. The highest BCUT2D eigenvalue weighted by molar-refractivity contribution is 5.85. The number of likely N-dealkylation sites (N-methyl/N-ethyl adjacent to an activating group) is 1. The number of rotatable bonds is 3. The first-order valence-electron chi connectivity index (χ1n) is 8.41. The molecule has 2 saturated carbocycles. The molecule has 0 aromatic rings. The maximum Gasteiger partial charge on any atom is 0.226 e. The van der Waals surface area contributed by atoms with Crippen molar-refractivity contribution in [2.24, 2.45) is 11.3 Å². The first kappa shape index (κ1) is 18.3. The van der Waals surface area contributed by atoms with Crippen molar-refractivity contribution in [3.8, 4) is 0 Å². The lowest BCUT2D eigenvalue weighted by Gasteiger charge is -2.28. The normalized spacial score (nSPS) is 33.0. The van der Waals surface area contributed by atoms with Crippen LogP contribution in [0.1, 0.15) is 38.5 Å². The van der Waals surface area contributed by atoms with Gasteiger partial charge in [0.1, 0.15) is 0 Å². The summed E-state index contributed by atoms with van der Waals surface area (Å²) in [5.74, 6) is 0.777. The number of likely N-dealkylation sites (tertiary alicyclic amines) is 1. The van der Waals surface area contributed by atoms with Crippen molar-refractivity contribution in [1.29, 1.82) is 0 Å². The summed E-state index contributed by atoms with van der Waals surface area (Å²) in [6.07, 6.45) is 7.50. The Bertz CT molecular complexity index is 410. The average molecular weight is 350 g/mol. The molecular formula is C16H29Cl2N3O. The summed E-state index contributed by atoms with van der Waals surface area (Å²) in [6, 6.07) is 1.32. The Morgan fingerprint density at radius 1 is 1.18 bits per heavy atom. The summed E-state index contributed by atoms with van der Waals surface area (Å²) < 4.78 is 0. The number of nitrogens with zero attached hydrogens (tertiary/aromatic N) is 2. The Balaban J connectivity index is 0.000000882. The van der Waals surface area contributed by atoms with Gasteiger partial charge in [0.2, 0.25) is 5.91 Å². The lowest BCUT2D eigenvalue weighted by atomic mass is 9.91. The third-order valence-corrected chi connectivity index (χ3v) is 6.24. The summed E-state index contributed by atoms with van der Waals surface area (Å²) >= 11 is 0. The smallest absolute Gasteiger partial charge is 0.226 e. The zero-order chi connectivity index (χ0) is 13.7. The van der Waals surface area contributed by atoms with Crippen LogP contribution in [0.5, 0.6) is 0 Å². The molecule has 1 spiro atoms. The van der Waals surface area contributed by atoms with Gasteiger partial charge < -0.3 is 10.2 Å². The van der Waals surface area contributed by atoms with E-state index in [0.29, 0.717) is 23.3 Å². The summed E-state index contributed by atoms with van der Waals surface area (Å²) in [5, 5.41) is 3.42. The Kier molecular flexibility index (Phi) is 5.69. The minimum atomic E-state index is 0. The minimum absolute atomic E-state index is 0. The highest BCUT2D eigenvalue weighted by Crippen LogP contribution is 2.59. The Labute approximate surface area is 146 Å². The molecule has 0 aromatic heterocycles. The van der Waals surface area contributed by atoms with Gasteiger partial charge in [0, 0.05) is 38.1 Å². The molecule has 0 bridgehead atoms. The third kappa shape index (κ3) is 3.26. The summed E-state index contributed by atoms with van der Waals surface area (Å²) in [5.41, 5.74) is 0.380. The van der Waals surface area contributed by atoms with Crippen molar-refractivity contribution in [2.45, 2.75) is 50.6 Å². The van der Waals surface area contributed by atoms with Crippen molar-refractivity contribution in [3.05, 3.63) is 0 Å². The second-order valence-electron chi connectivity index (χ2n) is 7.49. The zero-order valence-corrected chi connectivity index (χ0v) is 15.1. The molecule has 2 unspecified atom stereocenters. The van der Waals surface area contributed by atoms with Crippen LogP contribution in [-0.2, 0) is 4.79 Å². The van der Waals surface area contributed by atoms with E-state index in [0.717, 1.165) is 32.1 Å². The van der Waals surface area contributed by atoms with Gasteiger partial charge in [-0.05, 0) is 57.0 Å². The van der Waals surface area contributed by atoms with Gasteiger partial charge >= 0.3 is 0 Å². The van der Waals surface area contributed by atoms with Gasteiger partial charge in [-0.15, -0.1) is 24.8 Å². The predicted molar refractivity (Wildman–Crippen MR) is 92.9 cm³/mol. The number of nitrogens with one attached hydrogen (secondary N) is 1. The largest absolute Gasteiger partial charge is 0.341 e. The van der Waals surface area contributed by atoms with Crippen LogP contribution in [0.2, 0.25) is 0 Å². The molecule has 2 saturated heterocycles. The first-order valence-corrected chi connectivity index (χ1v) is 8.41. The fraction of sp³-hybridized carbons (Fsp3) is 0.938. The van der Waals surface area contributed by atoms with E-state index in [2.05, 4.69) is 22.2 Å². The van der Waals surface area contributed by atoms with Crippen molar-refractivity contribution >= 4 is 30.7 Å². The first-order chi connectivity index (χ1) is 9.70. The summed E-state index contributed by atoms with van der Waals surface area (Å²) in [6.45, 7) is 4.53. The van der Waals surface area contributed by atoms with E-state index >= 15 is 0 Å². The van der Waals surface area contributed by atoms with Crippen LogP contribution in [0, 0.1) is 11.3 Å². The molecule has 1 N–H and O–H groups in total. The molecule has 2 atom stereocenters. The summed E-state index contributed by atoms with van der Waals surface area (Å²) in [7, 11) is 2.05. The number of amides is 1. The minimum Gasteiger partial charge on any atom is -0.341 e. The quantitative estimate of drug-likeness (QED) is 0.845. The lowest BCUT2D eigenvalue weighted by molar-refractivity contribution is -0.134. The van der Waals surface area contributed by atoms with Crippen molar-refractivity contribution in [3.63, 3.8) is 0 Å². The topological polar surface area (TPSA) is 35.6 Å². The van der Waals surface area contributed by atoms with E-state index in [4.69, 9.17) is 0 Å². The molecule has 4 aliphatic rings. The molecule has 6 heteroatoms. The maximum atomic E-state index is 12.7. The average Bonchev–Trinajstić information content (AvgIpc) is 3.38. The third-order valence-electron chi connectivity index (χ3n) is 6.24. The number of piperidine rings is 1. The molecule has 128 valence electrons. The number of carbonyl (C=O) groups is 1. The van der Waals surface area contributed by atoms with Crippen LogP contribution in [0.15, 0.2) is 0 Å². The zero-order valence-electron chi connectivity index (χ0n) is 13.4. The van der Waals surface area contributed by atoms with Gasteiger partial charge in [-0.1, -0.05) is 0 Å². The molecule has 0 aromatic carbocycles. The monoisotopic (exact) mass is 349 g/mol. The Hall–Kier alpha value is -0.0300. The van der Waals surface area contributed by atoms with Gasteiger partial charge in [-0.2, -0.15) is 0 Å². The Morgan fingerprint density at radius 3 is 2.50 bits per heavy atom. The van der Waals surface area contributed by atoms with Crippen LogP contribution in [0.25, 0.3) is 0 Å². The molecule has 2 aliphatic carbocycles. The molecule has 4 nitrogen and oxygen atoms in total. The fourth-order valence-electron chi connectivity index (χ4n) is 4.46. The van der Waals surface area contributed by atoms with Gasteiger partial charge in [0.25, 0.3) is 0 Å². The van der Waals surface area contributed by atoms with Crippen LogP contribution in [-0.4, -0.2) is 61.0 Å². The van der Waals surface area contributed by atoms with Gasteiger partial charge in [0.15, 0.2) is 0 Å².